The molecule has 0 bridgehead atoms. The summed E-state index contributed by atoms with van der Waals surface area (Å²) in [4.78, 5) is 11.5. The molecule has 1 aromatic carbocycles. The Labute approximate surface area is 126 Å². The molecule has 5 nitrogen and oxygen atoms in total. The molecule has 106 valence electrons. The molecule has 2 aromatic rings. The molecule has 7 heteroatoms. The number of hydrogen-bond donors (Lipinski definition) is 2. The van der Waals surface area contributed by atoms with E-state index in [1.54, 1.807) is 0 Å². The molecule has 2 rings (SSSR count). The van der Waals surface area contributed by atoms with Crippen LogP contribution >= 0.6 is 23.1 Å². The number of thioether (sulfide) groups is 1. The lowest BCUT2D eigenvalue weighted by molar-refractivity contribution is -0.118. The van der Waals surface area contributed by atoms with Gasteiger partial charge in [-0.1, -0.05) is 48.2 Å². The first-order chi connectivity index (χ1) is 9.78. The van der Waals surface area contributed by atoms with E-state index in [1.807, 2.05) is 37.3 Å². The summed E-state index contributed by atoms with van der Waals surface area (Å²) >= 11 is 2.85. The van der Waals surface area contributed by atoms with E-state index in [9.17, 15) is 4.79 Å². The first-order valence-electron chi connectivity index (χ1n) is 6.33. The third kappa shape index (κ3) is 4.82. The van der Waals surface area contributed by atoms with Gasteiger partial charge < -0.3 is 10.6 Å². The lowest BCUT2D eigenvalue weighted by Crippen LogP contribution is -2.25. The van der Waals surface area contributed by atoms with Gasteiger partial charge >= 0.3 is 0 Å². The number of carbonyl (C=O) groups excluding carboxylic acids is 1. The van der Waals surface area contributed by atoms with Gasteiger partial charge in [0.2, 0.25) is 11.0 Å². The van der Waals surface area contributed by atoms with E-state index in [-0.39, 0.29) is 5.91 Å². The summed E-state index contributed by atoms with van der Waals surface area (Å²) < 4.78 is 0.787. The SMILES string of the molecule is CCCNC(=O)CSc1nnc(Nc2ccccc2)s1. The van der Waals surface area contributed by atoms with E-state index in [1.165, 1.54) is 23.1 Å². The van der Waals surface area contributed by atoms with Gasteiger partial charge in [-0.2, -0.15) is 0 Å². The van der Waals surface area contributed by atoms with Crippen LogP contribution in [-0.2, 0) is 4.79 Å². The molecule has 0 aliphatic heterocycles. The molecule has 0 spiro atoms. The van der Waals surface area contributed by atoms with Gasteiger partial charge in [0.15, 0.2) is 4.34 Å². The summed E-state index contributed by atoms with van der Waals surface area (Å²) in [5.41, 5.74) is 0.973. The van der Waals surface area contributed by atoms with Crippen molar-refractivity contribution < 1.29 is 4.79 Å². The van der Waals surface area contributed by atoms with Gasteiger partial charge in [-0.25, -0.2) is 0 Å². The molecule has 1 heterocycles. The lowest BCUT2D eigenvalue weighted by Gasteiger charge is -2.00. The van der Waals surface area contributed by atoms with Gasteiger partial charge in [0.1, 0.15) is 0 Å². The van der Waals surface area contributed by atoms with E-state index in [0.717, 1.165) is 28.1 Å². The molecule has 0 saturated carbocycles. The molecule has 1 aromatic heterocycles. The smallest absolute Gasteiger partial charge is 0.230 e. The van der Waals surface area contributed by atoms with Gasteiger partial charge in [0, 0.05) is 12.2 Å². The highest BCUT2D eigenvalue weighted by Gasteiger charge is 2.07. The number of amides is 1. The Morgan fingerprint density at radius 3 is 2.85 bits per heavy atom. The zero-order valence-electron chi connectivity index (χ0n) is 11.1. The summed E-state index contributed by atoms with van der Waals surface area (Å²) in [5.74, 6) is 0.407. The number of hydrogen-bond acceptors (Lipinski definition) is 6. The van der Waals surface area contributed by atoms with Crippen molar-refractivity contribution in [2.75, 3.05) is 17.6 Å². The van der Waals surface area contributed by atoms with Crippen LogP contribution in [0.3, 0.4) is 0 Å². The summed E-state index contributed by atoms with van der Waals surface area (Å²) in [6.07, 6.45) is 0.945. The number of para-hydroxylation sites is 1. The number of rotatable bonds is 7. The highest BCUT2D eigenvalue weighted by atomic mass is 32.2. The molecule has 20 heavy (non-hydrogen) atoms. The van der Waals surface area contributed by atoms with Crippen LogP contribution in [0.15, 0.2) is 34.7 Å². The number of nitrogens with one attached hydrogen (secondary N) is 2. The Morgan fingerprint density at radius 2 is 2.10 bits per heavy atom. The number of nitrogens with zero attached hydrogens (tertiary/aromatic N) is 2. The van der Waals surface area contributed by atoms with Crippen molar-refractivity contribution in [1.82, 2.24) is 15.5 Å². The van der Waals surface area contributed by atoms with Crippen molar-refractivity contribution in [3.63, 3.8) is 0 Å². The topological polar surface area (TPSA) is 66.9 Å². The van der Waals surface area contributed by atoms with Crippen molar-refractivity contribution in [2.24, 2.45) is 0 Å². The van der Waals surface area contributed by atoms with Crippen molar-refractivity contribution >= 4 is 39.8 Å². The van der Waals surface area contributed by atoms with Crippen LogP contribution in [0.2, 0.25) is 0 Å². The average Bonchev–Trinajstić information content (AvgIpc) is 2.91. The second-order valence-electron chi connectivity index (χ2n) is 4.00. The minimum atomic E-state index is 0.0321. The molecule has 0 aliphatic carbocycles. The Balaban J connectivity index is 1.82. The second kappa shape index (κ2) is 7.86. The quantitative estimate of drug-likeness (QED) is 0.770. The van der Waals surface area contributed by atoms with Crippen LogP contribution in [0.5, 0.6) is 0 Å². The summed E-state index contributed by atoms with van der Waals surface area (Å²) in [7, 11) is 0. The van der Waals surface area contributed by atoms with Gasteiger partial charge in [0.25, 0.3) is 0 Å². The highest BCUT2D eigenvalue weighted by Crippen LogP contribution is 2.27. The summed E-state index contributed by atoms with van der Waals surface area (Å²) in [5, 5.41) is 14.8. The normalized spacial score (nSPS) is 10.2. The van der Waals surface area contributed by atoms with Gasteiger partial charge in [0.05, 0.1) is 5.75 Å². The number of anilines is 2. The fraction of sp³-hybridized carbons (Fsp3) is 0.308. The average molecular weight is 308 g/mol. The maximum absolute atomic E-state index is 11.5. The Hall–Kier alpha value is -1.60. The van der Waals surface area contributed by atoms with Crippen molar-refractivity contribution in [3.8, 4) is 0 Å². The van der Waals surface area contributed by atoms with E-state index in [4.69, 9.17) is 0 Å². The van der Waals surface area contributed by atoms with Crippen molar-refractivity contribution in [3.05, 3.63) is 30.3 Å². The predicted molar refractivity (Wildman–Crippen MR) is 83.7 cm³/mol. The molecule has 0 unspecified atom stereocenters. The largest absolute Gasteiger partial charge is 0.355 e. The summed E-state index contributed by atoms with van der Waals surface area (Å²) in [6, 6.07) is 9.80. The molecule has 0 aliphatic rings. The fourth-order valence-electron chi connectivity index (χ4n) is 1.41. The molecule has 0 fully saturated rings. The maximum Gasteiger partial charge on any atom is 0.230 e. The van der Waals surface area contributed by atoms with Crippen LogP contribution in [-0.4, -0.2) is 28.4 Å². The summed E-state index contributed by atoms with van der Waals surface area (Å²) in [6.45, 7) is 2.75. The fourth-order valence-corrected chi connectivity index (χ4v) is 3.01. The third-order valence-corrected chi connectivity index (χ3v) is 4.30. The van der Waals surface area contributed by atoms with E-state index in [2.05, 4.69) is 20.8 Å². The lowest BCUT2D eigenvalue weighted by atomic mass is 10.3. The molecule has 0 radical (unpaired) electrons. The highest BCUT2D eigenvalue weighted by molar-refractivity contribution is 8.01. The first-order valence-corrected chi connectivity index (χ1v) is 8.13. The van der Waals surface area contributed by atoms with Crippen LogP contribution in [0.1, 0.15) is 13.3 Å². The number of aromatic nitrogens is 2. The second-order valence-corrected chi connectivity index (χ2v) is 6.20. The Kier molecular flexibility index (Phi) is 5.82. The molecule has 2 N–H and O–H groups in total. The Bertz CT molecular complexity index is 544. The van der Waals surface area contributed by atoms with Gasteiger partial charge in [-0.15, -0.1) is 10.2 Å². The van der Waals surface area contributed by atoms with E-state index >= 15 is 0 Å². The van der Waals surface area contributed by atoms with Crippen LogP contribution < -0.4 is 10.6 Å². The standard InChI is InChI=1S/C13H16N4OS2/c1-2-8-14-11(18)9-19-13-17-16-12(20-13)15-10-6-4-3-5-7-10/h3-7H,2,8-9H2,1H3,(H,14,18)(H,15,16). The number of benzene rings is 1. The minimum absolute atomic E-state index is 0.0321. The van der Waals surface area contributed by atoms with Gasteiger partial charge in [-0.05, 0) is 18.6 Å². The third-order valence-electron chi connectivity index (χ3n) is 2.33. The molecular formula is C13H16N4OS2. The minimum Gasteiger partial charge on any atom is -0.355 e. The maximum atomic E-state index is 11.5. The van der Waals surface area contributed by atoms with Crippen molar-refractivity contribution in [1.29, 1.82) is 0 Å². The zero-order chi connectivity index (χ0) is 14.2. The number of carbonyl (C=O) groups is 1. The zero-order valence-corrected chi connectivity index (χ0v) is 12.8. The molecule has 0 atom stereocenters. The van der Waals surface area contributed by atoms with Gasteiger partial charge in [-0.3, -0.25) is 4.79 Å². The van der Waals surface area contributed by atoms with Crippen LogP contribution in [0, 0.1) is 0 Å². The van der Waals surface area contributed by atoms with Crippen molar-refractivity contribution in [2.45, 2.75) is 17.7 Å². The van der Waals surface area contributed by atoms with Crippen LogP contribution in [0.25, 0.3) is 0 Å². The molecular weight excluding hydrogens is 292 g/mol. The van der Waals surface area contributed by atoms with E-state index < -0.39 is 0 Å². The Morgan fingerprint density at radius 1 is 1.30 bits per heavy atom. The molecule has 1 amide bonds. The van der Waals surface area contributed by atoms with E-state index in [0.29, 0.717) is 5.75 Å². The predicted octanol–water partition coefficient (Wildman–Crippen LogP) is 2.90. The molecule has 0 saturated heterocycles. The first kappa shape index (κ1) is 14.8. The monoisotopic (exact) mass is 308 g/mol. The van der Waals surface area contributed by atoms with Crippen LogP contribution in [0.4, 0.5) is 10.8 Å².